The van der Waals surface area contributed by atoms with Crippen LogP contribution in [0.25, 0.3) is 0 Å². The lowest BCUT2D eigenvalue weighted by Crippen LogP contribution is -2.53. The van der Waals surface area contributed by atoms with E-state index in [1.165, 1.54) is 6.42 Å². The number of nitrogens with zero attached hydrogens (tertiary/aromatic N) is 2. The Balaban J connectivity index is 2.79. The van der Waals surface area contributed by atoms with Crippen molar-refractivity contribution in [3.05, 3.63) is 6.42 Å². The molecule has 0 aromatic carbocycles. The van der Waals surface area contributed by atoms with Crippen molar-refractivity contribution in [2.75, 3.05) is 19.6 Å². The fourth-order valence-electron chi connectivity index (χ4n) is 2.38. The highest BCUT2D eigenvalue weighted by Crippen LogP contribution is 2.26. The minimum atomic E-state index is -0.777. The summed E-state index contributed by atoms with van der Waals surface area (Å²) in [6.07, 6.45) is 3.17. The van der Waals surface area contributed by atoms with Crippen molar-refractivity contribution in [1.82, 2.24) is 10.2 Å². The summed E-state index contributed by atoms with van der Waals surface area (Å²) in [5, 5.41) is 12.7. The topological polar surface area (TPSA) is 99.2 Å². The Bertz CT molecular complexity index is 433. The number of carbonyl (C=O) groups excluding carboxylic acids is 2. The quantitative estimate of drug-likeness (QED) is 0.717. The van der Waals surface area contributed by atoms with E-state index in [1.54, 1.807) is 18.7 Å². The second kappa shape index (κ2) is 6.90. The highest BCUT2D eigenvalue weighted by Gasteiger charge is 2.42. The molecule has 117 valence electrons. The van der Waals surface area contributed by atoms with Gasteiger partial charge in [-0.3, -0.25) is 9.59 Å². The highest BCUT2D eigenvalue weighted by molar-refractivity contribution is 5.88. The molecule has 0 saturated carbocycles. The number of nitrogens with two attached hydrogens (primary N) is 1. The van der Waals surface area contributed by atoms with Crippen molar-refractivity contribution < 1.29 is 9.59 Å². The van der Waals surface area contributed by atoms with Crippen LogP contribution in [0.3, 0.4) is 0 Å². The van der Waals surface area contributed by atoms with E-state index in [2.05, 4.69) is 11.4 Å². The van der Waals surface area contributed by atoms with Crippen LogP contribution in [0.2, 0.25) is 0 Å². The van der Waals surface area contributed by atoms with Crippen LogP contribution in [0.5, 0.6) is 0 Å². The zero-order valence-corrected chi connectivity index (χ0v) is 13.1. The average Bonchev–Trinajstić information content (AvgIpc) is 2.92. The fraction of sp³-hybridized carbons (Fsp3) is 0.733. The largest absolute Gasteiger partial charge is 0.369 e. The molecule has 1 saturated heterocycles. The SMILES string of the molecule is CCCN(C(=O)[CH]CC(C)(C)C(N)=O)C1(C#N)CCNC1. The van der Waals surface area contributed by atoms with Crippen LogP contribution in [-0.2, 0) is 9.59 Å². The smallest absolute Gasteiger partial charge is 0.227 e. The molecule has 1 radical (unpaired) electrons. The van der Waals surface area contributed by atoms with Gasteiger partial charge in [-0.2, -0.15) is 5.26 Å². The van der Waals surface area contributed by atoms with Gasteiger partial charge >= 0.3 is 0 Å². The van der Waals surface area contributed by atoms with E-state index in [1.807, 2.05) is 6.92 Å². The molecule has 0 bridgehead atoms. The molecule has 0 aromatic rings. The average molecular weight is 293 g/mol. The number of nitrogens with one attached hydrogen (secondary N) is 1. The molecule has 6 nitrogen and oxygen atoms in total. The van der Waals surface area contributed by atoms with Gasteiger partial charge in [-0.05, 0) is 25.8 Å². The maximum Gasteiger partial charge on any atom is 0.227 e. The Morgan fingerprint density at radius 2 is 2.19 bits per heavy atom. The predicted octanol–water partition coefficient (Wildman–Crippen LogP) is 0.587. The first kappa shape index (κ1) is 17.4. The van der Waals surface area contributed by atoms with Crippen LogP contribution in [0.4, 0.5) is 0 Å². The normalized spacial score (nSPS) is 21.8. The molecule has 1 heterocycles. The summed E-state index contributed by atoms with van der Waals surface area (Å²) in [5.41, 5.74) is 3.78. The molecule has 0 aromatic heterocycles. The molecule has 1 fully saturated rings. The van der Waals surface area contributed by atoms with Crippen molar-refractivity contribution in [2.24, 2.45) is 11.1 Å². The molecule has 1 rings (SSSR count). The van der Waals surface area contributed by atoms with Gasteiger partial charge in [-0.15, -0.1) is 0 Å². The van der Waals surface area contributed by atoms with Crippen LogP contribution in [-0.4, -0.2) is 41.9 Å². The Kier molecular flexibility index (Phi) is 5.73. The minimum absolute atomic E-state index is 0.198. The summed E-state index contributed by atoms with van der Waals surface area (Å²) < 4.78 is 0. The van der Waals surface area contributed by atoms with Gasteiger partial charge in [0.15, 0.2) is 0 Å². The monoisotopic (exact) mass is 293 g/mol. The summed E-state index contributed by atoms with van der Waals surface area (Å²) in [4.78, 5) is 25.4. The van der Waals surface area contributed by atoms with Crippen LogP contribution >= 0.6 is 0 Å². The standard InChI is InChI=1S/C15H25N4O2/c1-4-9-19(15(10-16)7-8-18-11-15)12(20)5-6-14(2,3)13(17)21/h5,18H,4,6-9,11H2,1-3H3,(H2,17,21). The molecular weight excluding hydrogens is 268 g/mol. The third-order valence-corrected chi connectivity index (χ3v) is 4.02. The first-order chi connectivity index (χ1) is 9.79. The first-order valence-electron chi connectivity index (χ1n) is 7.36. The van der Waals surface area contributed by atoms with Crippen molar-refractivity contribution in [3.8, 4) is 6.07 Å². The molecule has 0 aliphatic carbocycles. The summed E-state index contributed by atoms with van der Waals surface area (Å²) in [6.45, 7) is 7.14. The molecule has 6 heteroatoms. The summed E-state index contributed by atoms with van der Waals surface area (Å²) >= 11 is 0. The molecule has 0 spiro atoms. The number of nitriles is 1. The third-order valence-electron chi connectivity index (χ3n) is 4.02. The van der Waals surface area contributed by atoms with Crippen molar-refractivity contribution in [3.63, 3.8) is 0 Å². The van der Waals surface area contributed by atoms with Gasteiger partial charge in [0, 0.05) is 18.5 Å². The maximum atomic E-state index is 12.5. The summed E-state index contributed by atoms with van der Waals surface area (Å²) in [6, 6.07) is 2.29. The number of hydrogen-bond acceptors (Lipinski definition) is 4. The number of carbonyl (C=O) groups is 2. The van der Waals surface area contributed by atoms with E-state index in [-0.39, 0.29) is 12.3 Å². The first-order valence-corrected chi connectivity index (χ1v) is 7.36. The highest BCUT2D eigenvalue weighted by atomic mass is 16.2. The minimum Gasteiger partial charge on any atom is -0.369 e. The van der Waals surface area contributed by atoms with Crippen molar-refractivity contribution >= 4 is 11.8 Å². The van der Waals surface area contributed by atoms with Crippen LogP contribution in [0, 0.1) is 23.2 Å². The predicted molar refractivity (Wildman–Crippen MR) is 79.7 cm³/mol. The van der Waals surface area contributed by atoms with E-state index in [0.29, 0.717) is 19.5 Å². The Hall–Kier alpha value is -1.61. The van der Waals surface area contributed by atoms with Gasteiger partial charge in [0.1, 0.15) is 5.54 Å². The van der Waals surface area contributed by atoms with Gasteiger partial charge in [0.25, 0.3) is 0 Å². The number of hydrogen-bond donors (Lipinski definition) is 2. The zero-order chi connectivity index (χ0) is 16.1. The van der Waals surface area contributed by atoms with Gasteiger partial charge < -0.3 is 16.0 Å². The molecular formula is C15H25N4O2. The third kappa shape index (κ3) is 3.94. The van der Waals surface area contributed by atoms with Gasteiger partial charge in [0.2, 0.25) is 11.8 Å². The molecule has 1 unspecified atom stereocenters. The lowest BCUT2D eigenvalue weighted by Gasteiger charge is -2.35. The molecule has 21 heavy (non-hydrogen) atoms. The molecule has 1 aliphatic rings. The fourth-order valence-corrected chi connectivity index (χ4v) is 2.38. The van der Waals surface area contributed by atoms with Crippen molar-refractivity contribution in [2.45, 2.75) is 45.6 Å². The van der Waals surface area contributed by atoms with Crippen LogP contribution < -0.4 is 11.1 Å². The Morgan fingerprint density at radius 1 is 1.52 bits per heavy atom. The van der Waals surface area contributed by atoms with E-state index in [9.17, 15) is 14.9 Å². The molecule has 3 N–H and O–H groups in total. The number of amides is 2. The number of primary amides is 1. The Labute approximate surface area is 126 Å². The van der Waals surface area contributed by atoms with E-state index in [0.717, 1.165) is 13.0 Å². The van der Waals surface area contributed by atoms with Gasteiger partial charge in [0.05, 0.1) is 12.5 Å². The lowest BCUT2D eigenvalue weighted by atomic mass is 9.86. The second-order valence-electron chi connectivity index (χ2n) is 6.22. The molecule has 1 atom stereocenters. The molecule has 1 aliphatic heterocycles. The Morgan fingerprint density at radius 3 is 2.62 bits per heavy atom. The number of rotatable bonds is 7. The van der Waals surface area contributed by atoms with Gasteiger partial charge in [-0.25, -0.2) is 0 Å². The van der Waals surface area contributed by atoms with E-state index < -0.39 is 16.9 Å². The second-order valence-corrected chi connectivity index (χ2v) is 6.22. The summed E-state index contributed by atoms with van der Waals surface area (Å²) in [5.74, 6) is -0.637. The summed E-state index contributed by atoms with van der Waals surface area (Å²) in [7, 11) is 0. The maximum absolute atomic E-state index is 12.5. The van der Waals surface area contributed by atoms with Crippen LogP contribution in [0.15, 0.2) is 0 Å². The lowest BCUT2D eigenvalue weighted by molar-refractivity contribution is -0.132. The van der Waals surface area contributed by atoms with E-state index in [4.69, 9.17) is 5.73 Å². The van der Waals surface area contributed by atoms with Gasteiger partial charge in [-0.1, -0.05) is 20.8 Å². The van der Waals surface area contributed by atoms with E-state index >= 15 is 0 Å². The van der Waals surface area contributed by atoms with Crippen molar-refractivity contribution in [1.29, 1.82) is 5.26 Å². The van der Waals surface area contributed by atoms with Crippen LogP contribution in [0.1, 0.15) is 40.0 Å². The zero-order valence-electron chi connectivity index (χ0n) is 13.1. The molecule has 2 amide bonds.